The molecule has 2 N–H and O–H groups in total. The van der Waals surface area contributed by atoms with E-state index in [0.717, 1.165) is 25.2 Å². The summed E-state index contributed by atoms with van der Waals surface area (Å²) in [7, 11) is 0. The Balaban J connectivity index is 2.34. The minimum Gasteiger partial charge on any atom is -0.388 e. The van der Waals surface area contributed by atoms with Crippen molar-refractivity contribution < 1.29 is 5.11 Å². The molecule has 94 valence electrons. The van der Waals surface area contributed by atoms with E-state index in [9.17, 15) is 5.11 Å². The molecule has 1 unspecified atom stereocenters. The van der Waals surface area contributed by atoms with Crippen molar-refractivity contribution in [1.29, 1.82) is 0 Å². The summed E-state index contributed by atoms with van der Waals surface area (Å²) in [4.78, 5) is 4.50. The van der Waals surface area contributed by atoms with Crippen molar-refractivity contribution >= 4 is 5.84 Å². The highest BCUT2D eigenvalue weighted by atomic mass is 16.3. The molecule has 0 aromatic carbocycles. The van der Waals surface area contributed by atoms with Crippen LogP contribution < -0.4 is 5.32 Å². The van der Waals surface area contributed by atoms with Crippen LogP contribution in [-0.4, -0.2) is 29.6 Å². The van der Waals surface area contributed by atoms with Crippen molar-refractivity contribution in [3.63, 3.8) is 0 Å². The van der Waals surface area contributed by atoms with Crippen LogP contribution in [0.4, 0.5) is 0 Å². The van der Waals surface area contributed by atoms with E-state index < -0.39 is 5.60 Å². The number of aliphatic hydroxyl groups is 1. The van der Waals surface area contributed by atoms with Crippen molar-refractivity contribution in [2.24, 2.45) is 10.9 Å². The Labute approximate surface area is 99.4 Å². The van der Waals surface area contributed by atoms with Gasteiger partial charge >= 0.3 is 0 Å². The fourth-order valence-corrected chi connectivity index (χ4v) is 2.26. The van der Waals surface area contributed by atoms with E-state index in [-0.39, 0.29) is 0 Å². The molecule has 1 aliphatic rings. The predicted molar refractivity (Wildman–Crippen MR) is 68.9 cm³/mol. The first kappa shape index (κ1) is 13.5. The summed E-state index contributed by atoms with van der Waals surface area (Å²) in [5, 5.41) is 13.5. The Morgan fingerprint density at radius 1 is 1.38 bits per heavy atom. The van der Waals surface area contributed by atoms with Gasteiger partial charge in [0.15, 0.2) is 0 Å². The van der Waals surface area contributed by atoms with Gasteiger partial charge in [-0.05, 0) is 32.1 Å². The number of hydrogen-bond donors (Lipinski definition) is 2. The molecular formula is C13H26N2O. The van der Waals surface area contributed by atoms with E-state index in [4.69, 9.17) is 0 Å². The third-order valence-electron chi connectivity index (χ3n) is 2.90. The van der Waals surface area contributed by atoms with Gasteiger partial charge in [0.1, 0.15) is 0 Å². The Hall–Kier alpha value is -0.570. The van der Waals surface area contributed by atoms with Crippen molar-refractivity contribution in [1.82, 2.24) is 5.32 Å². The fraction of sp³-hybridized carbons (Fsp3) is 0.923. The van der Waals surface area contributed by atoms with Crippen LogP contribution >= 0.6 is 0 Å². The molecular weight excluding hydrogens is 200 g/mol. The number of amidine groups is 1. The Morgan fingerprint density at radius 3 is 2.81 bits per heavy atom. The first-order valence-corrected chi connectivity index (χ1v) is 6.49. The van der Waals surface area contributed by atoms with Gasteiger partial charge in [-0.15, -0.1) is 0 Å². The molecule has 1 aliphatic heterocycles. The summed E-state index contributed by atoms with van der Waals surface area (Å²) in [5.41, 5.74) is -0.622. The van der Waals surface area contributed by atoms with E-state index >= 15 is 0 Å². The molecule has 0 bridgehead atoms. The molecule has 0 aromatic heterocycles. The zero-order valence-electron chi connectivity index (χ0n) is 10.9. The van der Waals surface area contributed by atoms with Crippen LogP contribution in [0.3, 0.4) is 0 Å². The average Bonchev–Trinajstić information content (AvgIpc) is 2.40. The molecule has 0 radical (unpaired) electrons. The smallest absolute Gasteiger partial charge is 0.0964 e. The highest BCUT2D eigenvalue weighted by molar-refractivity contribution is 5.82. The van der Waals surface area contributed by atoms with E-state index in [1.54, 1.807) is 0 Å². The van der Waals surface area contributed by atoms with Crippen LogP contribution in [0.1, 0.15) is 52.9 Å². The quantitative estimate of drug-likeness (QED) is 0.773. The number of nitrogens with one attached hydrogen (secondary N) is 1. The molecule has 0 saturated heterocycles. The third kappa shape index (κ3) is 5.50. The Bertz CT molecular complexity index is 234. The Kier molecular flexibility index (Phi) is 5.26. The molecule has 1 rings (SSSR count). The number of hydrogen-bond acceptors (Lipinski definition) is 3. The minimum absolute atomic E-state index is 0.521. The summed E-state index contributed by atoms with van der Waals surface area (Å²) < 4.78 is 0. The maximum absolute atomic E-state index is 10.2. The van der Waals surface area contributed by atoms with Gasteiger partial charge in [-0.25, -0.2) is 0 Å². The fourth-order valence-electron chi connectivity index (χ4n) is 2.26. The van der Waals surface area contributed by atoms with Crippen LogP contribution in [0.15, 0.2) is 4.99 Å². The minimum atomic E-state index is -0.622. The summed E-state index contributed by atoms with van der Waals surface area (Å²) in [6.45, 7) is 7.73. The molecule has 3 nitrogen and oxygen atoms in total. The van der Waals surface area contributed by atoms with E-state index in [2.05, 4.69) is 24.2 Å². The highest BCUT2D eigenvalue weighted by Crippen LogP contribution is 2.15. The second-order valence-corrected chi connectivity index (χ2v) is 5.59. The first-order valence-electron chi connectivity index (χ1n) is 6.49. The standard InChI is InChI=1S/C13H26N2O/c1-11(2)9-13(3,16)10-15-12-7-5-4-6-8-14-12/h11,16H,4-10H2,1-3H3,(H,14,15). The van der Waals surface area contributed by atoms with Gasteiger partial charge in [-0.1, -0.05) is 20.3 Å². The second kappa shape index (κ2) is 6.24. The molecule has 0 spiro atoms. The topological polar surface area (TPSA) is 44.6 Å². The lowest BCUT2D eigenvalue weighted by Crippen LogP contribution is -2.41. The van der Waals surface area contributed by atoms with Gasteiger partial charge < -0.3 is 10.4 Å². The summed E-state index contributed by atoms with van der Waals surface area (Å²) in [5.74, 6) is 1.61. The van der Waals surface area contributed by atoms with Crippen molar-refractivity contribution in [3.05, 3.63) is 0 Å². The molecule has 0 aromatic rings. The Morgan fingerprint density at radius 2 is 2.12 bits per heavy atom. The lowest BCUT2D eigenvalue weighted by atomic mass is 9.94. The molecule has 0 amide bonds. The van der Waals surface area contributed by atoms with E-state index in [1.807, 2.05) is 6.92 Å². The number of aliphatic imine (C=N–C) groups is 1. The van der Waals surface area contributed by atoms with Crippen molar-refractivity contribution in [3.8, 4) is 0 Å². The van der Waals surface area contributed by atoms with Crippen molar-refractivity contribution in [2.45, 2.75) is 58.5 Å². The zero-order valence-corrected chi connectivity index (χ0v) is 10.9. The zero-order chi connectivity index (χ0) is 12.0. The summed E-state index contributed by atoms with van der Waals surface area (Å²) in [6.07, 6.45) is 5.56. The normalized spacial score (nSPS) is 21.2. The van der Waals surface area contributed by atoms with Crippen LogP contribution in [0.25, 0.3) is 0 Å². The van der Waals surface area contributed by atoms with Crippen LogP contribution in [0.5, 0.6) is 0 Å². The van der Waals surface area contributed by atoms with E-state index in [1.165, 1.54) is 19.3 Å². The van der Waals surface area contributed by atoms with Crippen LogP contribution in [0.2, 0.25) is 0 Å². The van der Waals surface area contributed by atoms with Gasteiger partial charge in [0.05, 0.1) is 11.4 Å². The molecule has 0 saturated carbocycles. The van der Waals surface area contributed by atoms with Gasteiger partial charge in [0, 0.05) is 19.5 Å². The van der Waals surface area contributed by atoms with Gasteiger partial charge in [-0.3, -0.25) is 4.99 Å². The molecule has 3 heteroatoms. The van der Waals surface area contributed by atoms with Gasteiger partial charge in [0.25, 0.3) is 0 Å². The first-order chi connectivity index (χ1) is 7.49. The summed E-state index contributed by atoms with van der Waals surface area (Å²) >= 11 is 0. The second-order valence-electron chi connectivity index (χ2n) is 5.59. The number of nitrogens with zero attached hydrogens (tertiary/aromatic N) is 1. The van der Waals surface area contributed by atoms with Gasteiger partial charge in [-0.2, -0.15) is 0 Å². The third-order valence-corrected chi connectivity index (χ3v) is 2.90. The monoisotopic (exact) mass is 226 g/mol. The SMILES string of the molecule is CC(C)CC(C)(O)CNC1=NCCCCC1. The van der Waals surface area contributed by atoms with E-state index in [0.29, 0.717) is 12.5 Å². The maximum Gasteiger partial charge on any atom is 0.0964 e. The maximum atomic E-state index is 10.2. The molecule has 16 heavy (non-hydrogen) atoms. The van der Waals surface area contributed by atoms with Gasteiger partial charge in [0.2, 0.25) is 0 Å². The average molecular weight is 226 g/mol. The molecule has 0 fully saturated rings. The molecule has 1 heterocycles. The highest BCUT2D eigenvalue weighted by Gasteiger charge is 2.22. The summed E-state index contributed by atoms with van der Waals surface area (Å²) in [6, 6.07) is 0. The predicted octanol–water partition coefficient (Wildman–Crippen LogP) is 2.35. The van der Waals surface area contributed by atoms with Crippen LogP contribution in [0, 0.1) is 5.92 Å². The van der Waals surface area contributed by atoms with Crippen molar-refractivity contribution in [2.75, 3.05) is 13.1 Å². The molecule has 0 aliphatic carbocycles. The van der Waals surface area contributed by atoms with Crippen LogP contribution in [-0.2, 0) is 0 Å². The lowest BCUT2D eigenvalue weighted by Gasteiger charge is -2.26. The number of rotatable bonds is 4. The molecule has 1 atom stereocenters. The lowest BCUT2D eigenvalue weighted by molar-refractivity contribution is 0.0428. The largest absolute Gasteiger partial charge is 0.388 e.